The summed E-state index contributed by atoms with van der Waals surface area (Å²) in [6, 6.07) is 5.72. The van der Waals surface area contributed by atoms with Crippen molar-refractivity contribution in [2.75, 3.05) is 7.11 Å². The Hall–Kier alpha value is -2.33. The number of carbonyl (C=O) groups is 2. The summed E-state index contributed by atoms with van der Waals surface area (Å²) >= 11 is 6.29. The van der Waals surface area contributed by atoms with Crippen LogP contribution in [0.4, 0.5) is 0 Å². The van der Waals surface area contributed by atoms with Crippen molar-refractivity contribution in [1.82, 2.24) is 0 Å². The van der Waals surface area contributed by atoms with Crippen LogP contribution < -0.4 is 4.74 Å². The molecule has 1 aliphatic carbocycles. The highest BCUT2D eigenvalue weighted by molar-refractivity contribution is 6.32. The number of hydrogen-bond donors (Lipinski definition) is 0. The van der Waals surface area contributed by atoms with Crippen LogP contribution in [-0.2, 0) is 20.7 Å². The van der Waals surface area contributed by atoms with Gasteiger partial charge >= 0.3 is 5.97 Å². The van der Waals surface area contributed by atoms with E-state index in [4.69, 9.17) is 21.1 Å². The molecule has 2 unspecified atom stereocenters. The molecular weight excluding hydrogens is 448 g/mol. The summed E-state index contributed by atoms with van der Waals surface area (Å²) in [7, 11) is 1.59. The molecule has 2 atom stereocenters. The molecule has 4 nitrogen and oxygen atoms in total. The molecule has 2 aliphatic rings. The van der Waals surface area contributed by atoms with Crippen LogP contribution in [0, 0.1) is 11.8 Å². The monoisotopic (exact) mass is 486 g/mol. The quantitative estimate of drug-likeness (QED) is 0.206. The van der Waals surface area contributed by atoms with Gasteiger partial charge in [-0.25, -0.2) is 0 Å². The molecule has 1 saturated carbocycles. The van der Waals surface area contributed by atoms with Crippen LogP contribution in [0.1, 0.15) is 71.3 Å². The maximum absolute atomic E-state index is 13.2. The summed E-state index contributed by atoms with van der Waals surface area (Å²) in [4.78, 5) is 26.3. The van der Waals surface area contributed by atoms with Crippen molar-refractivity contribution in [1.29, 1.82) is 0 Å². The molecule has 186 valence electrons. The molecule has 0 bridgehead atoms. The van der Waals surface area contributed by atoms with E-state index in [0.29, 0.717) is 30.0 Å². The number of rotatable bonds is 9. The fourth-order valence-electron chi connectivity index (χ4n) is 4.97. The van der Waals surface area contributed by atoms with Crippen LogP contribution in [0.3, 0.4) is 0 Å². The van der Waals surface area contributed by atoms with Crippen LogP contribution >= 0.6 is 11.6 Å². The van der Waals surface area contributed by atoms with Gasteiger partial charge in [-0.05, 0) is 68.2 Å². The minimum absolute atomic E-state index is 0.0193. The molecule has 2 fully saturated rings. The molecule has 0 amide bonds. The summed E-state index contributed by atoms with van der Waals surface area (Å²) in [6.45, 7) is 9.74. The van der Waals surface area contributed by atoms with Crippen LogP contribution in [0.15, 0.2) is 54.7 Å². The molecule has 1 aromatic rings. The van der Waals surface area contributed by atoms with Gasteiger partial charge in [0.2, 0.25) is 0 Å². The van der Waals surface area contributed by atoms with Gasteiger partial charge in [0.05, 0.1) is 12.1 Å². The lowest BCUT2D eigenvalue weighted by atomic mass is 9.73. The van der Waals surface area contributed by atoms with Gasteiger partial charge in [-0.2, -0.15) is 0 Å². The van der Waals surface area contributed by atoms with Crippen molar-refractivity contribution < 1.29 is 19.1 Å². The second-order valence-electron chi connectivity index (χ2n) is 8.81. The molecule has 34 heavy (non-hydrogen) atoms. The highest BCUT2D eigenvalue weighted by atomic mass is 35.5. The number of aryl methyl sites for hydroxylation is 1. The normalized spacial score (nSPS) is 23.4. The zero-order valence-corrected chi connectivity index (χ0v) is 21.8. The number of allylic oxidation sites excluding steroid dienone is 5. The van der Waals surface area contributed by atoms with Crippen molar-refractivity contribution in [2.45, 2.75) is 77.7 Å². The topological polar surface area (TPSA) is 52.6 Å². The first-order chi connectivity index (χ1) is 16.4. The summed E-state index contributed by atoms with van der Waals surface area (Å²) in [5.74, 6) is -0.313. The SMILES string of the molecule is C=C/C(=C\C=C/C)CC1C(=O)CC(CCc2ccc(OC)c(Cl)c2)(C2CCCC2)OC1=O.CC. The number of ketones is 1. The van der Waals surface area contributed by atoms with Gasteiger partial charge < -0.3 is 9.47 Å². The Bertz CT molecular complexity index is 891. The van der Waals surface area contributed by atoms with Crippen LogP contribution in [0.2, 0.25) is 5.02 Å². The average Bonchev–Trinajstić information content (AvgIpc) is 3.39. The van der Waals surface area contributed by atoms with Crippen molar-refractivity contribution in [3.05, 3.63) is 65.2 Å². The van der Waals surface area contributed by atoms with E-state index in [2.05, 4.69) is 6.58 Å². The maximum atomic E-state index is 13.2. The van der Waals surface area contributed by atoms with Crippen molar-refractivity contribution >= 4 is 23.4 Å². The molecular formula is C29H39ClO4. The Labute approximate surface area is 210 Å². The zero-order valence-electron chi connectivity index (χ0n) is 21.1. The molecule has 0 radical (unpaired) electrons. The number of ether oxygens (including phenoxy) is 2. The van der Waals surface area contributed by atoms with Crippen LogP contribution in [-0.4, -0.2) is 24.5 Å². The second-order valence-corrected chi connectivity index (χ2v) is 9.21. The summed E-state index contributed by atoms with van der Waals surface area (Å²) in [5, 5.41) is 0.557. The number of Topliss-reactive ketones (excluding diaryl/α,β-unsaturated/α-hetero) is 1. The Morgan fingerprint density at radius 2 is 1.97 bits per heavy atom. The minimum Gasteiger partial charge on any atom is -0.495 e. The van der Waals surface area contributed by atoms with E-state index in [1.54, 1.807) is 13.2 Å². The molecule has 0 N–H and O–H groups in total. The van der Waals surface area contributed by atoms with Crippen LogP contribution in [0.25, 0.3) is 0 Å². The number of carbonyl (C=O) groups excluding carboxylic acids is 2. The summed E-state index contributed by atoms with van der Waals surface area (Å²) in [6.07, 6.45) is 13.5. The van der Waals surface area contributed by atoms with E-state index >= 15 is 0 Å². The highest BCUT2D eigenvalue weighted by Gasteiger charge is 2.51. The number of cyclic esters (lactones) is 1. The molecule has 1 aliphatic heterocycles. The first-order valence-corrected chi connectivity index (χ1v) is 12.8. The third kappa shape index (κ3) is 6.85. The molecule has 5 heteroatoms. The number of methoxy groups -OCH3 is 1. The summed E-state index contributed by atoms with van der Waals surface area (Å²) in [5.41, 5.74) is 1.18. The van der Waals surface area contributed by atoms with E-state index in [-0.39, 0.29) is 18.1 Å². The number of benzene rings is 1. The first-order valence-electron chi connectivity index (χ1n) is 12.4. The van der Waals surface area contributed by atoms with Gasteiger partial charge in [0.15, 0.2) is 5.78 Å². The molecule has 1 aromatic carbocycles. The number of halogens is 1. The predicted octanol–water partition coefficient (Wildman–Crippen LogP) is 7.45. The summed E-state index contributed by atoms with van der Waals surface area (Å²) < 4.78 is 11.4. The van der Waals surface area contributed by atoms with Gasteiger partial charge in [-0.3, -0.25) is 9.59 Å². The minimum atomic E-state index is -0.755. The standard InChI is InChI=1S/C27H33ClO4.C2H6/c1-4-6-9-19(5-2)16-22-24(29)18-27(32-26(22)30,21-10-7-8-11-21)15-14-20-12-13-25(31-3)23(28)17-20;1-2/h4-6,9,12-13,17,21-22H,2,7-8,10-11,14-16,18H2,1,3H3;1-2H3/b6-4-,19-9+;. The lowest BCUT2D eigenvalue weighted by Crippen LogP contribution is -2.51. The van der Waals surface area contributed by atoms with E-state index < -0.39 is 17.5 Å². The average molecular weight is 487 g/mol. The molecule has 0 aromatic heterocycles. The maximum Gasteiger partial charge on any atom is 0.317 e. The van der Waals surface area contributed by atoms with E-state index in [0.717, 1.165) is 36.8 Å². The fraction of sp³-hybridized carbons (Fsp3) is 0.517. The molecule has 1 saturated heterocycles. The lowest BCUT2D eigenvalue weighted by molar-refractivity contribution is -0.185. The van der Waals surface area contributed by atoms with Gasteiger partial charge in [0, 0.05) is 6.42 Å². The Balaban J connectivity index is 0.00000199. The molecule has 1 heterocycles. The Morgan fingerprint density at radius 1 is 1.26 bits per heavy atom. The fourth-order valence-corrected chi connectivity index (χ4v) is 5.25. The van der Waals surface area contributed by atoms with E-state index in [9.17, 15) is 9.59 Å². The van der Waals surface area contributed by atoms with E-state index in [1.165, 1.54) is 0 Å². The van der Waals surface area contributed by atoms with E-state index in [1.807, 2.05) is 57.2 Å². The number of hydrogen-bond acceptors (Lipinski definition) is 4. The van der Waals surface area contributed by atoms with Gasteiger partial charge in [0.1, 0.15) is 17.3 Å². The third-order valence-corrected chi connectivity index (χ3v) is 7.10. The second kappa shape index (κ2) is 13.5. The molecule has 3 rings (SSSR count). The lowest BCUT2D eigenvalue weighted by Gasteiger charge is -2.43. The Kier molecular flexibility index (Phi) is 11.1. The van der Waals surface area contributed by atoms with Gasteiger partial charge in [-0.1, -0.05) is 75.2 Å². The zero-order chi connectivity index (χ0) is 25.1. The highest BCUT2D eigenvalue weighted by Crippen LogP contribution is 2.45. The van der Waals surface area contributed by atoms with Crippen LogP contribution in [0.5, 0.6) is 5.75 Å². The predicted molar refractivity (Wildman–Crippen MR) is 139 cm³/mol. The first kappa shape index (κ1) is 27.9. The Morgan fingerprint density at radius 3 is 2.53 bits per heavy atom. The van der Waals surface area contributed by atoms with Crippen molar-refractivity contribution in [3.8, 4) is 5.75 Å². The largest absolute Gasteiger partial charge is 0.495 e. The third-order valence-electron chi connectivity index (χ3n) is 6.81. The smallest absolute Gasteiger partial charge is 0.317 e. The van der Waals surface area contributed by atoms with Gasteiger partial charge in [0.25, 0.3) is 0 Å². The van der Waals surface area contributed by atoms with Crippen molar-refractivity contribution in [3.63, 3.8) is 0 Å². The number of esters is 1. The molecule has 0 spiro atoms. The van der Waals surface area contributed by atoms with Gasteiger partial charge in [-0.15, -0.1) is 0 Å². The van der Waals surface area contributed by atoms with Crippen molar-refractivity contribution in [2.24, 2.45) is 11.8 Å².